The van der Waals surface area contributed by atoms with Crippen LogP contribution < -0.4 is 5.73 Å². The molecule has 0 aliphatic carbocycles. The van der Waals surface area contributed by atoms with Crippen LogP contribution in [0.25, 0.3) is 33.5 Å². The zero-order chi connectivity index (χ0) is 24.0. The van der Waals surface area contributed by atoms with Gasteiger partial charge in [0, 0.05) is 28.9 Å². The number of sulfone groups is 1. The molecule has 12 heteroatoms. The molecule has 0 unspecified atom stereocenters. The Balaban J connectivity index is 0.00000324. The molecule has 4 rings (SSSR count). The monoisotopic (exact) mass is 509 g/mol. The van der Waals surface area contributed by atoms with Gasteiger partial charge in [-0.25, -0.2) is 23.4 Å². The van der Waals surface area contributed by atoms with Gasteiger partial charge in [-0.1, -0.05) is 6.07 Å². The lowest BCUT2D eigenvalue weighted by Gasteiger charge is -2.13. The number of nitrogens with two attached hydrogens (primary N) is 1. The van der Waals surface area contributed by atoms with Gasteiger partial charge in [-0.3, -0.25) is 4.98 Å². The fourth-order valence-corrected chi connectivity index (χ4v) is 4.16. The van der Waals surface area contributed by atoms with Crippen LogP contribution in [0, 0.1) is 0 Å². The minimum atomic E-state index is -4.57. The van der Waals surface area contributed by atoms with E-state index in [4.69, 9.17) is 5.73 Å². The summed E-state index contributed by atoms with van der Waals surface area (Å²) in [5, 5.41) is -0.249. The highest BCUT2D eigenvalue weighted by molar-refractivity contribution is 7.91. The molecule has 3 aromatic heterocycles. The molecule has 0 bridgehead atoms. The van der Waals surface area contributed by atoms with E-state index in [9.17, 15) is 21.6 Å². The molecule has 0 saturated carbocycles. The van der Waals surface area contributed by atoms with Gasteiger partial charge in [0.25, 0.3) is 0 Å². The number of fused-ring (bicyclic) bond motifs is 1. The number of benzene rings is 1. The topological polar surface area (TPSA) is 112 Å². The summed E-state index contributed by atoms with van der Waals surface area (Å²) in [5.41, 5.74) is 5.91. The molecular formula is C22H19ClF3N5O2S. The lowest BCUT2D eigenvalue weighted by molar-refractivity contribution is -0.137. The minimum absolute atomic E-state index is 0. The number of aromatic nitrogens is 4. The molecule has 7 nitrogen and oxygen atoms in total. The third-order valence-corrected chi connectivity index (χ3v) is 7.09. The first-order valence-corrected chi connectivity index (χ1v) is 11.3. The molecule has 1 aromatic carbocycles. The molecular weight excluding hydrogens is 491 g/mol. The SMILES string of the molecule is CC(C)S(=O)(=O)c1ccc(-c2nc(N)c3ccc(-c4ncccc4C(F)(F)F)cc3n2)cn1.Cl. The summed E-state index contributed by atoms with van der Waals surface area (Å²) in [6.45, 7) is 3.11. The van der Waals surface area contributed by atoms with E-state index < -0.39 is 26.8 Å². The first kappa shape index (κ1) is 25.3. The van der Waals surface area contributed by atoms with Crippen LogP contribution in [0.2, 0.25) is 0 Å². The van der Waals surface area contributed by atoms with Crippen LogP contribution in [0.1, 0.15) is 19.4 Å². The predicted molar refractivity (Wildman–Crippen MR) is 125 cm³/mol. The van der Waals surface area contributed by atoms with Crippen molar-refractivity contribution in [2.75, 3.05) is 5.73 Å². The third kappa shape index (κ3) is 4.66. The number of nitrogens with zero attached hydrogens (tertiary/aromatic N) is 4. The molecule has 0 spiro atoms. The Morgan fingerprint density at radius 1 is 0.971 bits per heavy atom. The highest BCUT2D eigenvalue weighted by atomic mass is 35.5. The Hall–Kier alpha value is -3.31. The van der Waals surface area contributed by atoms with Crippen LogP contribution in [0.3, 0.4) is 0 Å². The quantitative estimate of drug-likeness (QED) is 0.414. The normalized spacial score (nSPS) is 12.1. The summed E-state index contributed by atoms with van der Waals surface area (Å²) in [7, 11) is -3.55. The van der Waals surface area contributed by atoms with Crippen molar-refractivity contribution in [3.63, 3.8) is 0 Å². The first-order chi connectivity index (χ1) is 15.5. The van der Waals surface area contributed by atoms with Gasteiger partial charge in [-0.15, -0.1) is 12.4 Å². The van der Waals surface area contributed by atoms with E-state index in [1.165, 1.54) is 48.8 Å². The van der Waals surface area contributed by atoms with E-state index in [0.29, 0.717) is 16.5 Å². The molecule has 0 atom stereocenters. The second-order valence-electron chi connectivity index (χ2n) is 7.54. The van der Waals surface area contributed by atoms with Crippen molar-refractivity contribution in [2.24, 2.45) is 0 Å². The molecule has 0 radical (unpaired) electrons. The molecule has 0 aliphatic rings. The Kier molecular flexibility index (Phi) is 6.81. The van der Waals surface area contributed by atoms with Crippen molar-refractivity contribution in [2.45, 2.75) is 30.3 Å². The van der Waals surface area contributed by atoms with Crippen molar-refractivity contribution in [1.82, 2.24) is 19.9 Å². The molecule has 0 aliphatic heterocycles. The highest BCUT2D eigenvalue weighted by Gasteiger charge is 2.34. The van der Waals surface area contributed by atoms with Crippen molar-refractivity contribution >= 4 is 39.0 Å². The van der Waals surface area contributed by atoms with E-state index in [1.807, 2.05) is 0 Å². The lowest BCUT2D eigenvalue weighted by Crippen LogP contribution is -2.15. The Morgan fingerprint density at radius 3 is 2.29 bits per heavy atom. The number of alkyl halides is 3. The second kappa shape index (κ2) is 9.15. The molecule has 2 N–H and O–H groups in total. The average molecular weight is 510 g/mol. The summed E-state index contributed by atoms with van der Waals surface area (Å²) >= 11 is 0. The standard InChI is InChI=1S/C22H18F3N5O2S.ClH/c1-12(2)33(31,32)18-8-6-14(11-28-18)21-29-17-10-13(5-7-15(17)20(26)30-21)19-16(22(23,24)25)4-3-9-27-19;/h3-12H,1-2H3,(H2,26,29,30);1H. The fraction of sp³-hybridized carbons (Fsp3) is 0.182. The predicted octanol–water partition coefficient (Wildman–Crippen LogP) is 4.96. The van der Waals surface area contributed by atoms with Crippen LogP contribution in [-0.4, -0.2) is 33.6 Å². The maximum atomic E-state index is 13.4. The van der Waals surface area contributed by atoms with Crippen LogP contribution >= 0.6 is 12.4 Å². The lowest BCUT2D eigenvalue weighted by atomic mass is 10.0. The number of hydrogen-bond donors (Lipinski definition) is 1. The van der Waals surface area contributed by atoms with Gasteiger partial charge < -0.3 is 5.73 Å². The van der Waals surface area contributed by atoms with Gasteiger partial charge in [0.2, 0.25) is 0 Å². The molecule has 0 saturated heterocycles. The molecule has 0 amide bonds. The maximum Gasteiger partial charge on any atom is 0.418 e. The van der Waals surface area contributed by atoms with E-state index >= 15 is 0 Å². The molecule has 3 heterocycles. The van der Waals surface area contributed by atoms with Gasteiger partial charge in [0.15, 0.2) is 20.7 Å². The Morgan fingerprint density at radius 2 is 1.68 bits per heavy atom. The Bertz CT molecular complexity index is 1460. The van der Waals surface area contributed by atoms with Gasteiger partial charge >= 0.3 is 6.18 Å². The van der Waals surface area contributed by atoms with Gasteiger partial charge in [0.1, 0.15) is 5.82 Å². The highest BCUT2D eigenvalue weighted by Crippen LogP contribution is 2.36. The summed E-state index contributed by atoms with van der Waals surface area (Å²) in [6.07, 6.45) is -1.97. The van der Waals surface area contributed by atoms with Crippen LogP contribution in [-0.2, 0) is 16.0 Å². The van der Waals surface area contributed by atoms with E-state index in [2.05, 4.69) is 19.9 Å². The maximum absolute atomic E-state index is 13.4. The first-order valence-electron chi connectivity index (χ1n) is 9.78. The van der Waals surface area contributed by atoms with Crippen molar-refractivity contribution in [3.8, 4) is 22.6 Å². The third-order valence-electron chi connectivity index (χ3n) is 5.02. The second-order valence-corrected chi connectivity index (χ2v) is 9.99. The minimum Gasteiger partial charge on any atom is -0.383 e. The van der Waals surface area contributed by atoms with Gasteiger partial charge in [0.05, 0.1) is 22.0 Å². The molecule has 34 heavy (non-hydrogen) atoms. The Labute approximate surface area is 199 Å². The number of hydrogen-bond acceptors (Lipinski definition) is 7. The number of pyridine rings is 2. The van der Waals surface area contributed by atoms with Crippen molar-refractivity contribution in [3.05, 3.63) is 60.4 Å². The fourth-order valence-electron chi connectivity index (χ4n) is 3.22. The van der Waals surface area contributed by atoms with E-state index in [1.54, 1.807) is 13.8 Å². The number of halogens is 4. The summed E-state index contributed by atoms with van der Waals surface area (Å²) < 4.78 is 64.8. The number of rotatable bonds is 4. The number of nitrogen functional groups attached to an aromatic ring is 1. The number of anilines is 1. The summed E-state index contributed by atoms with van der Waals surface area (Å²) in [6, 6.07) is 9.52. The smallest absolute Gasteiger partial charge is 0.383 e. The summed E-state index contributed by atoms with van der Waals surface area (Å²) in [4.78, 5) is 16.6. The average Bonchev–Trinajstić information content (AvgIpc) is 2.78. The molecule has 178 valence electrons. The largest absolute Gasteiger partial charge is 0.418 e. The van der Waals surface area contributed by atoms with Crippen LogP contribution in [0.15, 0.2) is 59.9 Å². The summed E-state index contributed by atoms with van der Waals surface area (Å²) in [5.74, 6) is 0.285. The van der Waals surface area contributed by atoms with Gasteiger partial charge in [-0.05, 0) is 50.2 Å². The zero-order valence-electron chi connectivity index (χ0n) is 17.9. The zero-order valence-corrected chi connectivity index (χ0v) is 19.5. The van der Waals surface area contributed by atoms with E-state index in [0.717, 1.165) is 6.07 Å². The van der Waals surface area contributed by atoms with Crippen LogP contribution in [0.4, 0.5) is 19.0 Å². The van der Waals surface area contributed by atoms with E-state index in [-0.39, 0.29) is 40.3 Å². The van der Waals surface area contributed by atoms with Crippen molar-refractivity contribution in [1.29, 1.82) is 0 Å². The van der Waals surface area contributed by atoms with Crippen LogP contribution in [0.5, 0.6) is 0 Å². The molecule has 0 fully saturated rings. The van der Waals surface area contributed by atoms with Gasteiger partial charge in [-0.2, -0.15) is 13.2 Å². The molecule has 4 aromatic rings. The van der Waals surface area contributed by atoms with Crippen molar-refractivity contribution < 1.29 is 21.6 Å².